The van der Waals surface area contributed by atoms with Crippen molar-refractivity contribution in [1.29, 1.82) is 0 Å². The lowest BCUT2D eigenvalue weighted by Gasteiger charge is -2.19. The van der Waals surface area contributed by atoms with Crippen LogP contribution in [0.1, 0.15) is 31.7 Å². The molecule has 1 atom stereocenters. The van der Waals surface area contributed by atoms with Crippen molar-refractivity contribution in [2.75, 3.05) is 40.0 Å². The van der Waals surface area contributed by atoms with Crippen molar-refractivity contribution in [2.45, 2.75) is 26.2 Å². The van der Waals surface area contributed by atoms with E-state index in [2.05, 4.69) is 19.2 Å². The van der Waals surface area contributed by atoms with Crippen molar-refractivity contribution in [3.05, 3.63) is 35.6 Å². The molecule has 0 aromatic heterocycles. The molecule has 0 spiro atoms. The average Bonchev–Trinajstić information content (AvgIpc) is 2.46. The smallest absolute Gasteiger partial charge is 0.126 e. The van der Waals surface area contributed by atoms with Gasteiger partial charge in [0.15, 0.2) is 0 Å². The third-order valence-corrected chi connectivity index (χ3v) is 3.28. The van der Waals surface area contributed by atoms with E-state index in [0.717, 1.165) is 31.7 Å². The van der Waals surface area contributed by atoms with Gasteiger partial charge in [-0.25, -0.2) is 4.39 Å². The first-order valence-corrected chi connectivity index (χ1v) is 7.67. The molecule has 1 aromatic rings. The van der Waals surface area contributed by atoms with Gasteiger partial charge in [0.25, 0.3) is 0 Å². The van der Waals surface area contributed by atoms with Gasteiger partial charge in [0.2, 0.25) is 0 Å². The summed E-state index contributed by atoms with van der Waals surface area (Å²) in [7, 11) is 1.68. The zero-order valence-electron chi connectivity index (χ0n) is 13.4. The Bertz CT molecular complexity index is 385. The van der Waals surface area contributed by atoms with Crippen molar-refractivity contribution in [1.82, 2.24) is 5.32 Å². The minimum Gasteiger partial charge on any atom is -0.383 e. The van der Waals surface area contributed by atoms with Crippen LogP contribution in [0.4, 0.5) is 4.39 Å². The summed E-state index contributed by atoms with van der Waals surface area (Å²) in [5.74, 6) is 0.506. The molecule has 0 aliphatic rings. The predicted molar refractivity (Wildman–Crippen MR) is 84.2 cm³/mol. The normalized spacial score (nSPS) is 12.8. The van der Waals surface area contributed by atoms with Crippen LogP contribution in [0.5, 0.6) is 0 Å². The molecule has 0 amide bonds. The molecule has 0 saturated heterocycles. The maximum Gasteiger partial charge on any atom is 0.126 e. The van der Waals surface area contributed by atoms with E-state index in [4.69, 9.17) is 9.47 Å². The van der Waals surface area contributed by atoms with Crippen LogP contribution >= 0.6 is 0 Å². The van der Waals surface area contributed by atoms with E-state index >= 15 is 0 Å². The number of nitrogens with one attached hydrogen (secondary N) is 1. The topological polar surface area (TPSA) is 30.5 Å². The molecule has 0 radical (unpaired) electrons. The van der Waals surface area contributed by atoms with Gasteiger partial charge in [0, 0.05) is 39.3 Å². The number of ether oxygens (including phenoxy) is 2. The lowest BCUT2D eigenvalue weighted by atomic mass is 9.95. The molecule has 4 heteroatoms. The lowest BCUT2D eigenvalue weighted by Crippen LogP contribution is -2.26. The second kappa shape index (κ2) is 10.7. The quantitative estimate of drug-likeness (QED) is 0.636. The lowest BCUT2D eigenvalue weighted by molar-refractivity contribution is 0.103. The first-order valence-electron chi connectivity index (χ1n) is 7.67. The van der Waals surface area contributed by atoms with E-state index in [9.17, 15) is 4.39 Å². The van der Waals surface area contributed by atoms with Crippen LogP contribution in [0, 0.1) is 11.7 Å². The zero-order chi connectivity index (χ0) is 15.5. The Hall–Kier alpha value is -0.970. The molecule has 1 unspecified atom stereocenters. The maximum atomic E-state index is 14.0. The van der Waals surface area contributed by atoms with E-state index in [1.807, 2.05) is 12.1 Å². The SMILES string of the molecule is COCCNCC(CCOCC(C)C)c1ccccc1F. The van der Waals surface area contributed by atoms with Gasteiger partial charge < -0.3 is 14.8 Å². The fourth-order valence-corrected chi connectivity index (χ4v) is 2.17. The Morgan fingerprint density at radius 2 is 1.95 bits per heavy atom. The molecule has 0 heterocycles. The summed E-state index contributed by atoms with van der Waals surface area (Å²) >= 11 is 0. The second-order valence-corrected chi connectivity index (χ2v) is 5.67. The molecule has 21 heavy (non-hydrogen) atoms. The minimum absolute atomic E-state index is 0.121. The molecule has 1 N–H and O–H groups in total. The highest BCUT2D eigenvalue weighted by Crippen LogP contribution is 2.22. The highest BCUT2D eigenvalue weighted by Gasteiger charge is 2.15. The molecule has 0 bridgehead atoms. The number of hydrogen-bond donors (Lipinski definition) is 1. The molecule has 0 fully saturated rings. The van der Waals surface area contributed by atoms with Crippen molar-refractivity contribution in [2.24, 2.45) is 5.92 Å². The minimum atomic E-state index is -0.139. The van der Waals surface area contributed by atoms with E-state index in [-0.39, 0.29) is 11.7 Å². The largest absolute Gasteiger partial charge is 0.383 e. The van der Waals surface area contributed by atoms with Crippen LogP contribution < -0.4 is 5.32 Å². The third kappa shape index (κ3) is 7.55. The summed E-state index contributed by atoms with van der Waals surface area (Å²) in [5.41, 5.74) is 0.760. The van der Waals surface area contributed by atoms with Gasteiger partial charge in [0.05, 0.1) is 6.61 Å². The van der Waals surface area contributed by atoms with E-state index in [1.54, 1.807) is 13.2 Å². The van der Waals surface area contributed by atoms with Gasteiger partial charge in [-0.2, -0.15) is 0 Å². The summed E-state index contributed by atoms with van der Waals surface area (Å²) in [6.45, 7) is 7.82. The zero-order valence-corrected chi connectivity index (χ0v) is 13.4. The second-order valence-electron chi connectivity index (χ2n) is 5.67. The maximum absolute atomic E-state index is 14.0. The Morgan fingerprint density at radius 3 is 2.62 bits per heavy atom. The monoisotopic (exact) mass is 297 g/mol. The van der Waals surface area contributed by atoms with Gasteiger partial charge in [-0.05, 0) is 24.0 Å². The van der Waals surface area contributed by atoms with Gasteiger partial charge in [0.1, 0.15) is 5.82 Å². The van der Waals surface area contributed by atoms with Crippen LogP contribution in [0.15, 0.2) is 24.3 Å². The van der Waals surface area contributed by atoms with Crippen LogP contribution in [0.2, 0.25) is 0 Å². The van der Waals surface area contributed by atoms with Crippen molar-refractivity contribution < 1.29 is 13.9 Å². The molecule has 0 aliphatic carbocycles. The standard InChI is InChI=1S/C17H28FNO2/c1-14(2)13-21-10-8-15(12-19-9-11-20-3)16-6-4-5-7-17(16)18/h4-7,14-15,19H,8-13H2,1-3H3. The number of methoxy groups -OCH3 is 1. The highest BCUT2D eigenvalue weighted by atomic mass is 19.1. The predicted octanol–water partition coefficient (Wildman–Crippen LogP) is 3.21. The number of benzene rings is 1. The fourth-order valence-electron chi connectivity index (χ4n) is 2.17. The molecule has 3 nitrogen and oxygen atoms in total. The molecule has 1 rings (SSSR count). The Labute approximate surface area is 127 Å². The fraction of sp³-hybridized carbons (Fsp3) is 0.647. The first-order chi connectivity index (χ1) is 10.1. The number of rotatable bonds is 11. The van der Waals surface area contributed by atoms with Gasteiger partial charge in [-0.3, -0.25) is 0 Å². The van der Waals surface area contributed by atoms with Crippen LogP contribution in [-0.2, 0) is 9.47 Å². The molecular weight excluding hydrogens is 269 g/mol. The molecule has 0 saturated carbocycles. The van der Waals surface area contributed by atoms with E-state index in [0.29, 0.717) is 19.1 Å². The van der Waals surface area contributed by atoms with E-state index < -0.39 is 0 Å². The molecule has 120 valence electrons. The van der Waals surface area contributed by atoms with Gasteiger partial charge >= 0.3 is 0 Å². The highest BCUT2D eigenvalue weighted by molar-refractivity contribution is 5.22. The van der Waals surface area contributed by atoms with Crippen molar-refractivity contribution >= 4 is 0 Å². The van der Waals surface area contributed by atoms with Gasteiger partial charge in [-0.1, -0.05) is 32.0 Å². The number of halogens is 1. The Balaban J connectivity index is 2.51. The van der Waals surface area contributed by atoms with Gasteiger partial charge in [-0.15, -0.1) is 0 Å². The summed E-state index contributed by atoms with van der Waals surface area (Å²) in [4.78, 5) is 0. The molecular formula is C17H28FNO2. The van der Waals surface area contributed by atoms with Crippen LogP contribution in [0.3, 0.4) is 0 Å². The first kappa shape index (κ1) is 18.1. The average molecular weight is 297 g/mol. The van der Waals surface area contributed by atoms with Crippen LogP contribution in [-0.4, -0.2) is 40.0 Å². The summed E-state index contributed by atoms with van der Waals surface area (Å²) < 4.78 is 24.6. The summed E-state index contributed by atoms with van der Waals surface area (Å²) in [6.07, 6.45) is 0.813. The summed E-state index contributed by atoms with van der Waals surface area (Å²) in [5, 5.41) is 3.31. The van der Waals surface area contributed by atoms with Crippen molar-refractivity contribution in [3.8, 4) is 0 Å². The summed E-state index contributed by atoms with van der Waals surface area (Å²) in [6, 6.07) is 6.99. The molecule has 0 aliphatic heterocycles. The molecule has 1 aromatic carbocycles. The third-order valence-electron chi connectivity index (χ3n) is 3.28. The van der Waals surface area contributed by atoms with Crippen LogP contribution in [0.25, 0.3) is 0 Å². The number of hydrogen-bond acceptors (Lipinski definition) is 3. The Morgan fingerprint density at radius 1 is 1.19 bits per heavy atom. The Kier molecular flexibility index (Phi) is 9.22. The van der Waals surface area contributed by atoms with E-state index in [1.165, 1.54) is 6.07 Å². The van der Waals surface area contributed by atoms with Crippen molar-refractivity contribution in [3.63, 3.8) is 0 Å².